The molecule has 0 saturated heterocycles. The molecule has 0 radical (unpaired) electrons. The van der Waals surface area contributed by atoms with Crippen LogP contribution in [0.1, 0.15) is 44.1 Å². The normalized spacial score (nSPS) is 43.2. The van der Waals surface area contributed by atoms with Gasteiger partial charge in [-0.1, -0.05) is 0 Å². The molecule has 4 fully saturated rings. The van der Waals surface area contributed by atoms with Crippen LogP contribution in [0.3, 0.4) is 0 Å². The van der Waals surface area contributed by atoms with E-state index in [1.54, 1.807) is 0 Å². The van der Waals surface area contributed by atoms with Crippen molar-refractivity contribution in [3.63, 3.8) is 0 Å². The Bertz CT molecular complexity index is 425. The maximum absolute atomic E-state index is 6.22. The highest BCUT2D eigenvalue weighted by Crippen LogP contribution is 2.59. The summed E-state index contributed by atoms with van der Waals surface area (Å²) in [7, 11) is 0. The SMILES string of the molecule is Cc1cnn(C23CC4CC(CC(C4)C2)C3)c1N. The maximum Gasteiger partial charge on any atom is 0.125 e. The number of hydrogen-bond acceptors (Lipinski definition) is 2. The molecular formula is C14H21N3. The molecule has 3 nitrogen and oxygen atoms in total. The highest BCUT2D eigenvalue weighted by atomic mass is 15.4. The van der Waals surface area contributed by atoms with Crippen LogP contribution in [-0.2, 0) is 5.54 Å². The molecule has 0 amide bonds. The Kier molecular flexibility index (Phi) is 1.80. The summed E-state index contributed by atoms with van der Waals surface area (Å²) in [5.74, 6) is 3.76. The largest absolute Gasteiger partial charge is 0.384 e. The molecule has 4 bridgehead atoms. The van der Waals surface area contributed by atoms with Crippen LogP contribution in [0.2, 0.25) is 0 Å². The third-order valence-corrected chi connectivity index (χ3v) is 5.45. The molecule has 0 aromatic carbocycles. The maximum atomic E-state index is 6.22. The molecule has 4 aliphatic carbocycles. The van der Waals surface area contributed by atoms with Gasteiger partial charge in [0, 0.05) is 5.56 Å². The van der Waals surface area contributed by atoms with E-state index in [2.05, 4.69) is 16.7 Å². The zero-order chi connectivity index (χ0) is 11.6. The van der Waals surface area contributed by atoms with Gasteiger partial charge in [-0.25, -0.2) is 4.68 Å². The molecule has 0 spiro atoms. The van der Waals surface area contributed by atoms with E-state index >= 15 is 0 Å². The van der Waals surface area contributed by atoms with Gasteiger partial charge in [-0.2, -0.15) is 5.10 Å². The van der Waals surface area contributed by atoms with Gasteiger partial charge < -0.3 is 5.73 Å². The molecule has 92 valence electrons. The zero-order valence-electron chi connectivity index (χ0n) is 10.5. The molecule has 1 aromatic rings. The van der Waals surface area contributed by atoms with E-state index in [4.69, 9.17) is 5.73 Å². The van der Waals surface area contributed by atoms with Gasteiger partial charge in [-0.05, 0) is 63.2 Å². The van der Waals surface area contributed by atoms with E-state index in [0.717, 1.165) is 29.1 Å². The molecular weight excluding hydrogens is 210 g/mol. The van der Waals surface area contributed by atoms with E-state index in [0.29, 0.717) is 0 Å². The van der Waals surface area contributed by atoms with Crippen LogP contribution in [-0.4, -0.2) is 9.78 Å². The van der Waals surface area contributed by atoms with Crippen molar-refractivity contribution >= 4 is 5.82 Å². The summed E-state index contributed by atoms with van der Waals surface area (Å²) in [6, 6.07) is 0. The van der Waals surface area contributed by atoms with Gasteiger partial charge in [0.25, 0.3) is 0 Å². The molecule has 3 heteroatoms. The fraction of sp³-hybridized carbons (Fsp3) is 0.786. The minimum Gasteiger partial charge on any atom is -0.384 e. The lowest BCUT2D eigenvalue weighted by Gasteiger charge is -2.56. The molecule has 0 atom stereocenters. The van der Waals surface area contributed by atoms with Crippen LogP contribution in [0.4, 0.5) is 5.82 Å². The summed E-state index contributed by atoms with van der Waals surface area (Å²) in [4.78, 5) is 0. The number of aryl methyl sites for hydroxylation is 1. The topological polar surface area (TPSA) is 43.8 Å². The van der Waals surface area contributed by atoms with Crippen LogP contribution in [0.15, 0.2) is 6.20 Å². The van der Waals surface area contributed by atoms with Gasteiger partial charge >= 0.3 is 0 Å². The summed E-state index contributed by atoms with van der Waals surface area (Å²) < 4.78 is 2.19. The standard InChI is InChI=1S/C14H21N3/c1-9-8-16-17(13(9)15)14-5-10-2-11(6-14)4-12(3-10)7-14/h8,10-12H,2-7,15H2,1H3. The van der Waals surface area contributed by atoms with Gasteiger partial charge in [-0.15, -0.1) is 0 Å². The molecule has 4 aliphatic rings. The third kappa shape index (κ3) is 1.25. The fourth-order valence-electron chi connectivity index (χ4n) is 5.14. The average Bonchev–Trinajstić information content (AvgIpc) is 2.58. The molecule has 17 heavy (non-hydrogen) atoms. The van der Waals surface area contributed by atoms with Gasteiger partial charge in [0.15, 0.2) is 0 Å². The van der Waals surface area contributed by atoms with E-state index in [9.17, 15) is 0 Å². The monoisotopic (exact) mass is 231 g/mol. The molecule has 0 aliphatic heterocycles. The Hall–Kier alpha value is -0.990. The Labute approximate surface area is 102 Å². The quantitative estimate of drug-likeness (QED) is 0.807. The first-order valence-corrected chi connectivity index (χ1v) is 6.97. The van der Waals surface area contributed by atoms with E-state index in [-0.39, 0.29) is 5.54 Å². The van der Waals surface area contributed by atoms with E-state index in [1.165, 1.54) is 38.5 Å². The number of nitrogens with two attached hydrogens (primary N) is 1. The fourth-order valence-corrected chi connectivity index (χ4v) is 5.14. The van der Waals surface area contributed by atoms with Crippen molar-refractivity contribution in [2.45, 2.75) is 51.0 Å². The highest BCUT2D eigenvalue weighted by Gasteiger charge is 2.52. The van der Waals surface area contributed by atoms with Crippen molar-refractivity contribution in [1.82, 2.24) is 9.78 Å². The van der Waals surface area contributed by atoms with Crippen LogP contribution in [0, 0.1) is 24.7 Å². The summed E-state index contributed by atoms with van der Waals surface area (Å²) >= 11 is 0. The number of nitrogen functional groups attached to an aromatic ring is 1. The number of hydrogen-bond donors (Lipinski definition) is 1. The second-order valence-electron chi connectivity index (χ2n) is 6.77. The van der Waals surface area contributed by atoms with Gasteiger partial charge in [0.2, 0.25) is 0 Å². The molecule has 2 N–H and O–H groups in total. The summed E-state index contributed by atoms with van der Waals surface area (Å²) in [5, 5.41) is 4.60. The number of aromatic nitrogens is 2. The smallest absolute Gasteiger partial charge is 0.125 e. The van der Waals surface area contributed by atoms with Crippen molar-refractivity contribution < 1.29 is 0 Å². The summed E-state index contributed by atoms with van der Waals surface area (Å²) in [6.45, 7) is 2.07. The molecule has 0 unspecified atom stereocenters. The first kappa shape index (κ1) is 9.98. The van der Waals surface area contributed by atoms with Crippen LogP contribution in [0.5, 0.6) is 0 Å². The molecule has 1 aromatic heterocycles. The number of anilines is 1. The van der Waals surface area contributed by atoms with Crippen molar-refractivity contribution in [1.29, 1.82) is 0 Å². The van der Waals surface area contributed by atoms with Crippen molar-refractivity contribution in [2.24, 2.45) is 17.8 Å². The summed E-state index contributed by atoms with van der Waals surface area (Å²) in [6.07, 6.45) is 10.3. The van der Waals surface area contributed by atoms with Crippen molar-refractivity contribution in [2.75, 3.05) is 5.73 Å². The Morgan fingerprint density at radius 1 is 1.18 bits per heavy atom. The van der Waals surface area contributed by atoms with Crippen molar-refractivity contribution in [3.8, 4) is 0 Å². The van der Waals surface area contributed by atoms with Gasteiger partial charge in [-0.3, -0.25) is 0 Å². The minimum atomic E-state index is 0.285. The van der Waals surface area contributed by atoms with Gasteiger partial charge in [0.1, 0.15) is 5.82 Å². The average molecular weight is 231 g/mol. The molecule has 1 heterocycles. The predicted octanol–water partition coefficient (Wildman–Crippen LogP) is 2.70. The van der Waals surface area contributed by atoms with E-state index in [1.807, 2.05) is 6.20 Å². The number of nitrogens with zero attached hydrogens (tertiary/aromatic N) is 2. The first-order chi connectivity index (χ1) is 8.16. The zero-order valence-corrected chi connectivity index (χ0v) is 10.5. The lowest BCUT2D eigenvalue weighted by molar-refractivity contribution is -0.0481. The van der Waals surface area contributed by atoms with Gasteiger partial charge in [0.05, 0.1) is 11.7 Å². The third-order valence-electron chi connectivity index (χ3n) is 5.45. The van der Waals surface area contributed by atoms with Crippen molar-refractivity contribution in [3.05, 3.63) is 11.8 Å². The summed E-state index contributed by atoms with van der Waals surface area (Å²) in [5.41, 5.74) is 7.65. The Morgan fingerprint density at radius 2 is 1.71 bits per heavy atom. The van der Waals surface area contributed by atoms with E-state index < -0.39 is 0 Å². The lowest BCUT2D eigenvalue weighted by atomic mass is 9.53. The predicted molar refractivity (Wildman–Crippen MR) is 67.5 cm³/mol. The molecule has 5 rings (SSSR count). The van der Waals surface area contributed by atoms with Crippen LogP contribution in [0.25, 0.3) is 0 Å². The van der Waals surface area contributed by atoms with Crippen LogP contribution < -0.4 is 5.73 Å². The second-order valence-corrected chi connectivity index (χ2v) is 6.77. The Balaban J connectivity index is 1.80. The van der Waals surface area contributed by atoms with Crippen LogP contribution >= 0.6 is 0 Å². The minimum absolute atomic E-state index is 0.285. The molecule has 4 saturated carbocycles. The lowest BCUT2D eigenvalue weighted by Crippen LogP contribution is -2.52. The highest BCUT2D eigenvalue weighted by molar-refractivity contribution is 5.38. The second kappa shape index (κ2) is 3.06. The first-order valence-electron chi connectivity index (χ1n) is 6.97. The Morgan fingerprint density at radius 3 is 2.12 bits per heavy atom. The number of rotatable bonds is 1.